The maximum absolute atomic E-state index is 12.8. The highest BCUT2D eigenvalue weighted by molar-refractivity contribution is 5.95. The molecule has 0 aliphatic heterocycles. The maximum Gasteiger partial charge on any atom is 0.410 e. The van der Waals surface area contributed by atoms with Gasteiger partial charge in [-0.25, -0.2) is 4.79 Å². The molecule has 7 nitrogen and oxygen atoms in total. The van der Waals surface area contributed by atoms with E-state index < -0.39 is 5.60 Å². The summed E-state index contributed by atoms with van der Waals surface area (Å²) in [7, 11) is 1.71. The molecule has 1 heterocycles. The van der Waals surface area contributed by atoms with Gasteiger partial charge in [-0.05, 0) is 51.7 Å². The predicted octanol–water partition coefficient (Wildman–Crippen LogP) is 4.08. The molecule has 0 bridgehead atoms. The van der Waals surface area contributed by atoms with Crippen LogP contribution in [0.15, 0.2) is 30.5 Å². The van der Waals surface area contributed by atoms with Gasteiger partial charge in [-0.2, -0.15) is 5.10 Å². The highest BCUT2D eigenvalue weighted by Crippen LogP contribution is 2.40. The average molecular weight is 413 g/mol. The van der Waals surface area contributed by atoms with Crippen molar-refractivity contribution in [3.63, 3.8) is 0 Å². The fourth-order valence-electron chi connectivity index (χ4n) is 3.25. The van der Waals surface area contributed by atoms with E-state index in [-0.39, 0.29) is 12.0 Å². The number of aryl methyl sites for hydroxylation is 1. The van der Waals surface area contributed by atoms with E-state index in [1.165, 1.54) is 0 Å². The molecule has 1 saturated carbocycles. The zero-order valence-electron chi connectivity index (χ0n) is 18.6. The molecule has 7 heteroatoms. The van der Waals surface area contributed by atoms with Crippen molar-refractivity contribution in [1.29, 1.82) is 0 Å². The molecule has 0 atom stereocenters. The molecule has 2 amide bonds. The number of carbonyl (C=O) groups is 2. The predicted molar refractivity (Wildman–Crippen MR) is 115 cm³/mol. The molecule has 1 fully saturated rings. The number of rotatable bonds is 7. The minimum atomic E-state index is -0.541. The zero-order valence-corrected chi connectivity index (χ0v) is 18.6. The summed E-state index contributed by atoms with van der Waals surface area (Å²) >= 11 is 0. The Labute approximate surface area is 178 Å². The Kier molecular flexibility index (Phi) is 6.48. The monoisotopic (exact) mass is 412 g/mol. The van der Waals surface area contributed by atoms with Crippen LogP contribution < -0.4 is 5.32 Å². The van der Waals surface area contributed by atoms with Crippen molar-refractivity contribution in [2.75, 3.05) is 7.05 Å². The van der Waals surface area contributed by atoms with Gasteiger partial charge < -0.3 is 15.0 Å². The lowest BCUT2D eigenvalue weighted by molar-refractivity contribution is 0.0284. The lowest BCUT2D eigenvalue weighted by atomic mass is 10.1. The van der Waals surface area contributed by atoms with Gasteiger partial charge in [0, 0.05) is 38.8 Å². The second-order valence-corrected chi connectivity index (χ2v) is 8.85. The molecule has 30 heavy (non-hydrogen) atoms. The van der Waals surface area contributed by atoms with Crippen molar-refractivity contribution < 1.29 is 14.3 Å². The smallest absolute Gasteiger partial charge is 0.410 e. The minimum absolute atomic E-state index is 0.105. The number of nitrogens with one attached hydrogen (secondary N) is 1. The van der Waals surface area contributed by atoms with Gasteiger partial charge >= 0.3 is 6.09 Å². The van der Waals surface area contributed by atoms with Crippen LogP contribution in [0.1, 0.15) is 73.6 Å². The zero-order chi connectivity index (χ0) is 21.9. The third kappa shape index (κ3) is 5.62. The Morgan fingerprint density at radius 1 is 1.23 bits per heavy atom. The number of nitrogens with zero attached hydrogens (tertiary/aromatic N) is 3. The molecule has 0 radical (unpaired) electrons. The van der Waals surface area contributed by atoms with Crippen molar-refractivity contribution in [3.8, 4) is 0 Å². The summed E-state index contributed by atoms with van der Waals surface area (Å²) in [6.07, 6.45) is 3.66. The first kappa shape index (κ1) is 21.9. The van der Waals surface area contributed by atoms with E-state index in [0.29, 0.717) is 24.6 Å². The van der Waals surface area contributed by atoms with Gasteiger partial charge in [0.05, 0.1) is 11.3 Å². The molecule has 3 rings (SSSR count). The standard InChI is InChI=1S/C23H32N4O3/c1-6-27-15-19(20(25-27)16-11-12-16)21(28)24-13-17-9-7-8-10-18(17)14-26(5)22(29)30-23(2,3)4/h7-10,15-16H,6,11-14H2,1-5H3,(H,24,28). The maximum atomic E-state index is 12.8. The Morgan fingerprint density at radius 3 is 2.50 bits per heavy atom. The van der Waals surface area contributed by atoms with Gasteiger partial charge in [0.25, 0.3) is 5.91 Å². The topological polar surface area (TPSA) is 76.5 Å². The number of benzene rings is 1. The van der Waals surface area contributed by atoms with Crippen LogP contribution in [0, 0.1) is 0 Å². The molecule has 2 aromatic rings. The van der Waals surface area contributed by atoms with Crippen molar-refractivity contribution >= 4 is 12.0 Å². The third-order valence-corrected chi connectivity index (χ3v) is 4.99. The Morgan fingerprint density at radius 2 is 1.90 bits per heavy atom. The van der Waals surface area contributed by atoms with Crippen LogP contribution in [0.2, 0.25) is 0 Å². The van der Waals surface area contributed by atoms with E-state index in [9.17, 15) is 9.59 Å². The summed E-state index contributed by atoms with van der Waals surface area (Å²) in [5.41, 5.74) is 2.98. The quantitative estimate of drug-likeness (QED) is 0.743. The van der Waals surface area contributed by atoms with Gasteiger partial charge in [0.1, 0.15) is 5.60 Å². The second kappa shape index (κ2) is 8.90. The van der Waals surface area contributed by atoms with Crippen molar-refractivity contribution in [1.82, 2.24) is 20.0 Å². The summed E-state index contributed by atoms with van der Waals surface area (Å²) in [6.45, 7) is 9.09. The van der Waals surface area contributed by atoms with Crippen LogP contribution in [-0.2, 0) is 24.4 Å². The van der Waals surface area contributed by atoms with Gasteiger partial charge in [-0.3, -0.25) is 9.48 Å². The number of ether oxygens (including phenoxy) is 1. The van der Waals surface area contributed by atoms with Gasteiger partial charge in [0.2, 0.25) is 0 Å². The highest BCUT2D eigenvalue weighted by atomic mass is 16.6. The number of hydrogen-bond acceptors (Lipinski definition) is 4. The summed E-state index contributed by atoms with van der Waals surface area (Å²) in [6, 6.07) is 7.80. The lowest BCUT2D eigenvalue weighted by Gasteiger charge is -2.25. The summed E-state index contributed by atoms with van der Waals surface area (Å²) in [4.78, 5) is 26.7. The molecule has 1 aromatic carbocycles. The normalized spacial score (nSPS) is 13.8. The van der Waals surface area contributed by atoms with Gasteiger partial charge in [-0.15, -0.1) is 0 Å². The van der Waals surface area contributed by atoms with E-state index >= 15 is 0 Å². The molecule has 0 saturated heterocycles. The molecular formula is C23H32N4O3. The Balaban J connectivity index is 1.66. The molecular weight excluding hydrogens is 380 g/mol. The van der Waals surface area contributed by atoms with Gasteiger partial charge in [0.15, 0.2) is 0 Å². The van der Waals surface area contributed by atoms with Crippen molar-refractivity contribution in [2.45, 2.75) is 71.7 Å². The molecule has 1 N–H and O–H groups in total. The number of carbonyl (C=O) groups excluding carboxylic acids is 2. The van der Waals surface area contributed by atoms with E-state index in [2.05, 4.69) is 10.4 Å². The SMILES string of the molecule is CCn1cc(C(=O)NCc2ccccc2CN(C)C(=O)OC(C)(C)C)c(C2CC2)n1. The summed E-state index contributed by atoms with van der Waals surface area (Å²) in [5, 5.41) is 7.60. The first-order chi connectivity index (χ1) is 14.2. The van der Waals surface area contributed by atoms with Crippen molar-refractivity contribution in [2.24, 2.45) is 0 Å². The number of amides is 2. The average Bonchev–Trinajstić information content (AvgIpc) is 3.44. The molecule has 1 aromatic heterocycles. The van der Waals surface area contributed by atoms with Gasteiger partial charge in [-0.1, -0.05) is 24.3 Å². The first-order valence-corrected chi connectivity index (χ1v) is 10.5. The lowest BCUT2D eigenvalue weighted by Crippen LogP contribution is -2.34. The minimum Gasteiger partial charge on any atom is -0.444 e. The summed E-state index contributed by atoms with van der Waals surface area (Å²) < 4.78 is 7.26. The molecule has 0 unspecified atom stereocenters. The number of hydrogen-bond donors (Lipinski definition) is 1. The Hall–Kier alpha value is -2.83. The van der Waals surface area contributed by atoms with E-state index in [1.807, 2.05) is 62.8 Å². The van der Waals surface area contributed by atoms with E-state index in [1.54, 1.807) is 11.9 Å². The molecule has 1 aliphatic rings. The van der Waals surface area contributed by atoms with Crippen LogP contribution in [0.5, 0.6) is 0 Å². The largest absolute Gasteiger partial charge is 0.444 e. The van der Waals surface area contributed by atoms with E-state index in [4.69, 9.17) is 4.74 Å². The first-order valence-electron chi connectivity index (χ1n) is 10.5. The molecule has 1 aliphatic carbocycles. The van der Waals surface area contributed by atoms with Crippen LogP contribution in [0.4, 0.5) is 4.79 Å². The molecule has 0 spiro atoms. The fraction of sp³-hybridized carbons (Fsp3) is 0.522. The van der Waals surface area contributed by atoms with Crippen LogP contribution in [0.25, 0.3) is 0 Å². The Bertz CT molecular complexity index is 909. The second-order valence-electron chi connectivity index (χ2n) is 8.85. The van der Waals surface area contributed by atoms with Crippen molar-refractivity contribution in [3.05, 3.63) is 52.8 Å². The molecule has 162 valence electrons. The van der Waals surface area contributed by atoms with Crippen LogP contribution in [-0.4, -0.2) is 39.3 Å². The summed E-state index contributed by atoms with van der Waals surface area (Å²) in [5.74, 6) is 0.306. The third-order valence-electron chi connectivity index (χ3n) is 4.99. The van der Waals surface area contributed by atoms with E-state index in [0.717, 1.165) is 36.2 Å². The van der Waals surface area contributed by atoms with Crippen LogP contribution in [0.3, 0.4) is 0 Å². The fourth-order valence-corrected chi connectivity index (χ4v) is 3.25. The van der Waals surface area contributed by atoms with Crippen LogP contribution >= 0.6 is 0 Å². The number of aromatic nitrogens is 2. The highest BCUT2D eigenvalue weighted by Gasteiger charge is 2.31.